The molecule has 7 nitrogen and oxygen atoms in total. The monoisotopic (exact) mass is 409 g/mol. The van der Waals surface area contributed by atoms with Crippen molar-refractivity contribution in [1.82, 2.24) is 19.4 Å². The number of carbonyl (C=O) groups is 1. The molecule has 3 aromatic rings. The molecule has 1 unspecified atom stereocenters. The summed E-state index contributed by atoms with van der Waals surface area (Å²) in [5.41, 5.74) is 2.46. The van der Waals surface area contributed by atoms with Gasteiger partial charge in [0.05, 0.1) is 24.0 Å². The van der Waals surface area contributed by atoms with E-state index < -0.39 is 0 Å². The van der Waals surface area contributed by atoms with Gasteiger partial charge in [-0.1, -0.05) is 23.5 Å². The molecule has 1 amide bonds. The third-order valence-electron chi connectivity index (χ3n) is 5.07. The van der Waals surface area contributed by atoms with E-state index in [1.807, 2.05) is 42.6 Å². The van der Waals surface area contributed by atoms with Gasteiger partial charge in [0.25, 0.3) is 0 Å². The molecule has 1 aliphatic heterocycles. The lowest BCUT2D eigenvalue weighted by Gasteiger charge is -2.32. The highest BCUT2D eigenvalue weighted by atomic mass is 32.1. The molecular formula is C21H23N5O2S. The molecule has 1 aliphatic rings. The second-order valence-corrected chi connectivity index (χ2v) is 8.06. The number of hydrogen-bond donors (Lipinski definition) is 1. The Balaban J connectivity index is 1.45. The van der Waals surface area contributed by atoms with Gasteiger partial charge in [0.15, 0.2) is 0 Å². The zero-order valence-corrected chi connectivity index (χ0v) is 17.1. The standard InChI is InChI=1S/C21H23N5O2S/c1-15-6-4-9-19(23-15)24-20(27)16-7-5-11-25(12-16)14-26-18(13-29-21(26)28)17-8-2-3-10-22-17/h2-4,6,8-10,13,16H,5,7,11-12,14H2,1H3,(H,23,24,27). The molecule has 4 rings (SSSR count). The van der Waals surface area contributed by atoms with E-state index in [1.165, 1.54) is 11.3 Å². The number of likely N-dealkylation sites (tertiary alicyclic amines) is 1. The van der Waals surface area contributed by atoms with Crippen molar-refractivity contribution >= 4 is 23.1 Å². The fourth-order valence-corrected chi connectivity index (χ4v) is 4.36. The van der Waals surface area contributed by atoms with Crippen molar-refractivity contribution in [1.29, 1.82) is 0 Å². The first-order valence-corrected chi connectivity index (χ1v) is 10.5. The molecule has 0 radical (unpaired) electrons. The highest BCUT2D eigenvalue weighted by Gasteiger charge is 2.27. The molecule has 1 atom stereocenters. The van der Waals surface area contributed by atoms with E-state index in [9.17, 15) is 9.59 Å². The average Bonchev–Trinajstić information content (AvgIpc) is 3.09. The lowest BCUT2D eigenvalue weighted by molar-refractivity contribution is -0.121. The van der Waals surface area contributed by atoms with Crippen molar-refractivity contribution in [3.8, 4) is 11.4 Å². The van der Waals surface area contributed by atoms with E-state index in [2.05, 4.69) is 20.2 Å². The summed E-state index contributed by atoms with van der Waals surface area (Å²) < 4.78 is 1.75. The number of rotatable bonds is 5. The minimum Gasteiger partial charge on any atom is -0.310 e. The van der Waals surface area contributed by atoms with E-state index in [-0.39, 0.29) is 16.7 Å². The number of hydrogen-bond acceptors (Lipinski definition) is 6. The number of amides is 1. The molecule has 0 aliphatic carbocycles. The van der Waals surface area contributed by atoms with Crippen LogP contribution in [0.3, 0.4) is 0 Å². The summed E-state index contributed by atoms with van der Waals surface area (Å²) in [5.74, 6) is 0.438. The summed E-state index contributed by atoms with van der Waals surface area (Å²) >= 11 is 1.18. The number of carbonyl (C=O) groups excluding carboxylic acids is 1. The molecule has 3 aromatic heterocycles. The quantitative estimate of drug-likeness (QED) is 0.701. The minimum absolute atomic E-state index is 0.0128. The van der Waals surface area contributed by atoms with E-state index >= 15 is 0 Å². The average molecular weight is 410 g/mol. The molecule has 4 heterocycles. The lowest BCUT2D eigenvalue weighted by atomic mass is 9.97. The largest absolute Gasteiger partial charge is 0.310 e. The van der Waals surface area contributed by atoms with Crippen molar-refractivity contribution in [3.05, 3.63) is 63.3 Å². The Bertz CT molecular complexity index is 1050. The van der Waals surface area contributed by atoms with Crippen molar-refractivity contribution < 1.29 is 4.79 Å². The van der Waals surface area contributed by atoms with Crippen LogP contribution in [0.5, 0.6) is 0 Å². The second kappa shape index (κ2) is 8.67. The van der Waals surface area contributed by atoms with E-state index in [0.717, 1.165) is 36.5 Å². The first-order valence-electron chi connectivity index (χ1n) is 9.67. The minimum atomic E-state index is -0.126. The van der Waals surface area contributed by atoms with Gasteiger partial charge in [-0.15, -0.1) is 0 Å². The molecule has 0 spiro atoms. The van der Waals surface area contributed by atoms with E-state index in [1.54, 1.807) is 16.8 Å². The summed E-state index contributed by atoms with van der Waals surface area (Å²) in [6.07, 6.45) is 3.47. The SMILES string of the molecule is Cc1cccc(NC(=O)C2CCCN(Cn3c(-c4ccccn4)csc3=O)C2)n1. The Kier molecular flexibility index (Phi) is 5.82. The summed E-state index contributed by atoms with van der Waals surface area (Å²) in [5, 5.41) is 4.78. The van der Waals surface area contributed by atoms with Crippen molar-refractivity contribution in [2.75, 3.05) is 18.4 Å². The predicted octanol–water partition coefficient (Wildman–Crippen LogP) is 2.98. The van der Waals surface area contributed by atoms with Gasteiger partial charge in [0, 0.05) is 23.8 Å². The van der Waals surface area contributed by atoms with Crippen molar-refractivity contribution in [3.63, 3.8) is 0 Å². The van der Waals surface area contributed by atoms with Gasteiger partial charge in [-0.2, -0.15) is 0 Å². The Hall–Kier alpha value is -2.84. The zero-order chi connectivity index (χ0) is 20.2. The van der Waals surface area contributed by atoms with Gasteiger partial charge < -0.3 is 5.32 Å². The van der Waals surface area contributed by atoms with Crippen molar-refractivity contribution in [2.24, 2.45) is 5.92 Å². The number of anilines is 1. The molecule has 0 bridgehead atoms. The normalized spacial score (nSPS) is 17.2. The number of nitrogens with one attached hydrogen (secondary N) is 1. The molecule has 29 heavy (non-hydrogen) atoms. The fraction of sp³-hybridized carbons (Fsp3) is 0.333. The summed E-state index contributed by atoms with van der Waals surface area (Å²) in [4.78, 5) is 36.0. The van der Waals surface area contributed by atoms with Gasteiger partial charge in [-0.05, 0) is 50.6 Å². The van der Waals surface area contributed by atoms with Crippen LogP contribution in [0, 0.1) is 12.8 Å². The maximum Gasteiger partial charge on any atom is 0.308 e. The molecule has 1 N–H and O–H groups in total. The molecule has 1 fully saturated rings. The Morgan fingerprint density at radius 1 is 1.28 bits per heavy atom. The maximum absolute atomic E-state index is 12.7. The summed E-state index contributed by atoms with van der Waals surface area (Å²) in [6, 6.07) is 11.3. The first kappa shape index (κ1) is 19.5. The van der Waals surface area contributed by atoms with Gasteiger partial charge in [-0.3, -0.25) is 24.0 Å². The zero-order valence-electron chi connectivity index (χ0n) is 16.2. The molecule has 8 heteroatoms. The van der Waals surface area contributed by atoms with Crippen LogP contribution in [0.4, 0.5) is 5.82 Å². The van der Waals surface area contributed by atoms with Crippen LogP contribution in [0.25, 0.3) is 11.4 Å². The third kappa shape index (κ3) is 4.60. The maximum atomic E-state index is 12.7. The topological polar surface area (TPSA) is 80.1 Å². The fourth-order valence-electron chi connectivity index (χ4n) is 3.62. The number of thiazole rings is 1. The number of nitrogens with zero attached hydrogens (tertiary/aromatic N) is 4. The number of aryl methyl sites for hydroxylation is 1. The highest BCUT2D eigenvalue weighted by Crippen LogP contribution is 2.22. The summed E-state index contributed by atoms with van der Waals surface area (Å²) in [6.45, 7) is 3.83. The van der Waals surface area contributed by atoms with Gasteiger partial charge in [0.1, 0.15) is 5.82 Å². The Morgan fingerprint density at radius 3 is 2.97 bits per heavy atom. The van der Waals surface area contributed by atoms with Crippen molar-refractivity contribution in [2.45, 2.75) is 26.4 Å². The van der Waals surface area contributed by atoms with Crippen LogP contribution in [-0.2, 0) is 11.5 Å². The van der Waals surface area contributed by atoms with Crippen LogP contribution in [0.2, 0.25) is 0 Å². The molecule has 150 valence electrons. The number of pyridine rings is 2. The lowest BCUT2D eigenvalue weighted by Crippen LogP contribution is -2.42. The molecule has 1 saturated heterocycles. The van der Waals surface area contributed by atoms with Gasteiger partial charge >= 0.3 is 4.87 Å². The van der Waals surface area contributed by atoms with Crippen LogP contribution in [0.1, 0.15) is 18.5 Å². The van der Waals surface area contributed by atoms with E-state index in [4.69, 9.17) is 0 Å². The van der Waals surface area contributed by atoms with Gasteiger partial charge in [-0.25, -0.2) is 4.98 Å². The molecular weight excluding hydrogens is 386 g/mol. The second-order valence-electron chi connectivity index (χ2n) is 7.24. The van der Waals surface area contributed by atoms with Gasteiger partial charge in [0.2, 0.25) is 5.91 Å². The Labute approximate surface area is 173 Å². The van der Waals surface area contributed by atoms with Crippen LogP contribution < -0.4 is 10.2 Å². The predicted molar refractivity (Wildman–Crippen MR) is 114 cm³/mol. The number of aromatic nitrogens is 3. The third-order valence-corrected chi connectivity index (χ3v) is 5.83. The smallest absolute Gasteiger partial charge is 0.308 e. The highest BCUT2D eigenvalue weighted by molar-refractivity contribution is 7.07. The first-order chi connectivity index (χ1) is 14.1. The van der Waals surface area contributed by atoms with Crippen LogP contribution in [0.15, 0.2) is 52.8 Å². The molecule has 0 aromatic carbocycles. The molecule has 0 saturated carbocycles. The summed E-state index contributed by atoms with van der Waals surface area (Å²) in [7, 11) is 0. The Morgan fingerprint density at radius 2 is 2.17 bits per heavy atom. The van der Waals surface area contributed by atoms with Crippen LogP contribution >= 0.6 is 11.3 Å². The number of piperidine rings is 1. The van der Waals surface area contributed by atoms with Crippen LogP contribution in [-0.4, -0.2) is 38.4 Å². The van der Waals surface area contributed by atoms with E-state index in [0.29, 0.717) is 19.0 Å².